The van der Waals surface area contributed by atoms with Crippen molar-refractivity contribution < 1.29 is 4.74 Å². The van der Waals surface area contributed by atoms with E-state index in [9.17, 15) is 0 Å². The molecular formula is C16H15NOS. The zero-order chi connectivity index (χ0) is 13.2. The summed E-state index contributed by atoms with van der Waals surface area (Å²) in [7, 11) is 0. The Morgan fingerprint density at radius 2 is 2.11 bits per heavy atom. The van der Waals surface area contributed by atoms with E-state index in [2.05, 4.69) is 40.7 Å². The van der Waals surface area contributed by atoms with Crippen LogP contribution in [0.2, 0.25) is 0 Å². The van der Waals surface area contributed by atoms with Gasteiger partial charge in [0.2, 0.25) is 0 Å². The first-order valence-corrected chi connectivity index (χ1v) is 7.24. The lowest BCUT2D eigenvalue weighted by atomic mass is 10.0. The lowest BCUT2D eigenvalue weighted by molar-refractivity contribution is 0.341. The van der Waals surface area contributed by atoms with Gasteiger partial charge in [-0.25, -0.2) is 4.98 Å². The van der Waals surface area contributed by atoms with Crippen LogP contribution < -0.4 is 4.74 Å². The normalized spacial score (nSPS) is 10.8. The highest BCUT2D eigenvalue weighted by Gasteiger charge is 2.07. The molecule has 0 aliphatic heterocycles. The Kier molecular flexibility index (Phi) is 3.22. The highest BCUT2D eigenvalue weighted by atomic mass is 32.1. The van der Waals surface area contributed by atoms with Gasteiger partial charge in [0.1, 0.15) is 5.75 Å². The average Bonchev–Trinajstić information content (AvgIpc) is 2.85. The molecule has 0 aliphatic rings. The Bertz CT molecular complexity index is 718. The van der Waals surface area contributed by atoms with Crippen LogP contribution in [0.4, 0.5) is 0 Å². The average molecular weight is 269 g/mol. The van der Waals surface area contributed by atoms with Crippen LogP contribution in [0, 0.1) is 6.92 Å². The van der Waals surface area contributed by atoms with Crippen LogP contribution >= 0.6 is 11.3 Å². The number of thiazole rings is 1. The van der Waals surface area contributed by atoms with Gasteiger partial charge in [-0.2, -0.15) is 0 Å². The maximum Gasteiger partial charge on any atom is 0.119 e. The Morgan fingerprint density at radius 3 is 2.84 bits per heavy atom. The molecule has 0 aliphatic carbocycles. The van der Waals surface area contributed by atoms with Gasteiger partial charge in [0.25, 0.3) is 0 Å². The molecule has 2 nitrogen and oxygen atoms in total. The minimum absolute atomic E-state index is 0.691. The lowest BCUT2D eigenvalue weighted by Gasteiger charge is -2.07. The molecule has 0 saturated carbocycles. The van der Waals surface area contributed by atoms with Crippen LogP contribution in [0.15, 0.2) is 41.8 Å². The molecule has 0 saturated heterocycles. The Hall–Kier alpha value is -1.87. The Labute approximate surface area is 116 Å². The van der Waals surface area contributed by atoms with E-state index in [0.29, 0.717) is 6.61 Å². The van der Waals surface area contributed by atoms with Crippen LogP contribution in [-0.4, -0.2) is 11.6 Å². The minimum Gasteiger partial charge on any atom is -0.494 e. The molecule has 96 valence electrons. The monoisotopic (exact) mass is 269 g/mol. The summed E-state index contributed by atoms with van der Waals surface area (Å²) in [5.74, 6) is 0.918. The largest absolute Gasteiger partial charge is 0.494 e. The van der Waals surface area contributed by atoms with Crippen molar-refractivity contribution in [1.29, 1.82) is 0 Å². The van der Waals surface area contributed by atoms with E-state index in [1.54, 1.807) is 11.3 Å². The maximum absolute atomic E-state index is 5.55. The zero-order valence-electron chi connectivity index (χ0n) is 11.0. The zero-order valence-corrected chi connectivity index (χ0v) is 11.8. The van der Waals surface area contributed by atoms with Gasteiger partial charge in [-0.3, -0.25) is 0 Å². The summed E-state index contributed by atoms with van der Waals surface area (Å²) in [6.07, 6.45) is 0. The van der Waals surface area contributed by atoms with Crippen LogP contribution in [0.3, 0.4) is 0 Å². The summed E-state index contributed by atoms with van der Waals surface area (Å²) in [5, 5.41) is 5.61. The Balaban J connectivity index is 2.16. The molecule has 0 spiro atoms. The van der Waals surface area contributed by atoms with Gasteiger partial charge in [-0.1, -0.05) is 24.3 Å². The molecular weight excluding hydrogens is 254 g/mol. The number of hydrogen-bond donors (Lipinski definition) is 0. The second-order valence-corrected chi connectivity index (χ2v) is 5.44. The predicted octanol–water partition coefficient (Wildman–Crippen LogP) is 4.67. The predicted molar refractivity (Wildman–Crippen MR) is 81.0 cm³/mol. The third-order valence-electron chi connectivity index (χ3n) is 3.06. The highest BCUT2D eigenvalue weighted by molar-refractivity contribution is 7.09. The van der Waals surface area contributed by atoms with Crippen molar-refractivity contribution >= 4 is 22.1 Å². The van der Waals surface area contributed by atoms with Gasteiger partial charge in [-0.05, 0) is 36.8 Å². The van der Waals surface area contributed by atoms with Crippen LogP contribution in [0.25, 0.3) is 22.0 Å². The number of rotatable bonds is 3. The fourth-order valence-corrected chi connectivity index (χ4v) is 2.84. The molecule has 0 fully saturated rings. The van der Waals surface area contributed by atoms with E-state index in [0.717, 1.165) is 16.5 Å². The first-order chi connectivity index (χ1) is 9.28. The molecule has 1 heterocycles. The van der Waals surface area contributed by atoms with Gasteiger partial charge in [0.05, 0.1) is 17.3 Å². The Morgan fingerprint density at radius 1 is 1.21 bits per heavy atom. The van der Waals surface area contributed by atoms with Gasteiger partial charge in [0.15, 0.2) is 0 Å². The molecule has 0 N–H and O–H groups in total. The van der Waals surface area contributed by atoms with E-state index in [1.807, 2.05) is 19.9 Å². The first kappa shape index (κ1) is 12.2. The van der Waals surface area contributed by atoms with Crippen molar-refractivity contribution in [2.45, 2.75) is 13.8 Å². The van der Waals surface area contributed by atoms with Crippen molar-refractivity contribution in [3.63, 3.8) is 0 Å². The van der Waals surface area contributed by atoms with E-state index in [1.165, 1.54) is 16.3 Å². The maximum atomic E-state index is 5.55. The number of hydrogen-bond acceptors (Lipinski definition) is 3. The molecule has 3 aromatic rings. The third kappa shape index (κ3) is 2.34. The molecule has 2 aromatic carbocycles. The lowest BCUT2D eigenvalue weighted by Crippen LogP contribution is -1.91. The van der Waals surface area contributed by atoms with E-state index < -0.39 is 0 Å². The smallest absolute Gasteiger partial charge is 0.119 e. The van der Waals surface area contributed by atoms with E-state index >= 15 is 0 Å². The number of fused-ring (bicyclic) bond motifs is 1. The summed E-state index contributed by atoms with van der Waals surface area (Å²) in [6.45, 7) is 4.72. The van der Waals surface area contributed by atoms with Crippen molar-refractivity contribution in [1.82, 2.24) is 4.98 Å². The molecule has 3 heteroatoms. The standard InChI is InChI=1S/C16H15NOS/c1-3-18-13-7-8-14-12(9-13)5-4-6-15(14)16-10-19-11(2)17-16/h4-10H,3H2,1-2H3. The van der Waals surface area contributed by atoms with Crippen LogP contribution in [-0.2, 0) is 0 Å². The highest BCUT2D eigenvalue weighted by Crippen LogP contribution is 2.31. The molecule has 0 radical (unpaired) electrons. The number of aromatic nitrogens is 1. The number of nitrogens with zero attached hydrogens (tertiary/aromatic N) is 1. The second-order valence-electron chi connectivity index (χ2n) is 4.37. The number of benzene rings is 2. The quantitative estimate of drug-likeness (QED) is 0.689. The molecule has 0 bridgehead atoms. The summed E-state index contributed by atoms with van der Waals surface area (Å²) in [5.41, 5.74) is 2.24. The van der Waals surface area contributed by atoms with Gasteiger partial charge in [-0.15, -0.1) is 11.3 Å². The molecule has 1 aromatic heterocycles. The first-order valence-electron chi connectivity index (χ1n) is 6.36. The topological polar surface area (TPSA) is 22.1 Å². The summed E-state index contributed by atoms with van der Waals surface area (Å²) < 4.78 is 5.55. The van der Waals surface area contributed by atoms with Crippen molar-refractivity contribution in [3.8, 4) is 17.0 Å². The van der Waals surface area contributed by atoms with Gasteiger partial charge >= 0.3 is 0 Å². The van der Waals surface area contributed by atoms with E-state index in [4.69, 9.17) is 4.74 Å². The second kappa shape index (κ2) is 5.02. The van der Waals surface area contributed by atoms with E-state index in [-0.39, 0.29) is 0 Å². The molecule has 0 amide bonds. The fraction of sp³-hybridized carbons (Fsp3) is 0.188. The SMILES string of the molecule is CCOc1ccc2c(-c3csc(C)n3)cccc2c1. The van der Waals surface area contributed by atoms with Crippen LogP contribution in [0.5, 0.6) is 5.75 Å². The summed E-state index contributed by atoms with van der Waals surface area (Å²) >= 11 is 1.68. The molecule has 3 rings (SSSR count). The summed E-state index contributed by atoms with van der Waals surface area (Å²) in [6, 6.07) is 12.5. The third-order valence-corrected chi connectivity index (χ3v) is 3.83. The van der Waals surface area contributed by atoms with Gasteiger partial charge in [0, 0.05) is 10.9 Å². The van der Waals surface area contributed by atoms with Crippen molar-refractivity contribution in [3.05, 3.63) is 46.8 Å². The van der Waals surface area contributed by atoms with Crippen molar-refractivity contribution in [2.75, 3.05) is 6.61 Å². The van der Waals surface area contributed by atoms with Gasteiger partial charge < -0.3 is 4.74 Å². The van der Waals surface area contributed by atoms with Crippen molar-refractivity contribution in [2.24, 2.45) is 0 Å². The number of aryl methyl sites for hydroxylation is 1. The molecule has 19 heavy (non-hydrogen) atoms. The fourth-order valence-electron chi connectivity index (χ4n) is 2.23. The molecule has 0 unspecified atom stereocenters. The summed E-state index contributed by atoms with van der Waals surface area (Å²) in [4.78, 5) is 4.58. The minimum atomic E-state index is 0.691. The number of ether oxygens (including phenoxy) is 1. The van der Waals surface area contributed by atoms with Crippen LogP contribution in [0.1, 0.15) is 11.9 Å². The molecule has 0 atom stereocenters.